The zero-order valence-corrected chi connectivity index (χ0v) is 21.1. The molecule has 2 aromatic rings. The lowest BCUT2D eigenvalue weighted by Crippen LogP contribution is -2.61. The van der Waals surface area contributed by atoms with Crippen LogP contribution in [0.2, 0.25) is 0 Å². The van der Waals surface area contributed by atoms with Gasteiger partial charge in [0.2, 0.25) is 5.91 Å². The summed E-state index contributed by atoms with van der Waals surface area (Å²) < 4.78 is 11.8. The Balaban J connectivity index is 1.19. The smallest absolute Gasteiger partial charge is 0.246 e. The minimum atomic E-state index is 0.0256. The van der Waals surface area contributed by atoms with Crippen molar-refractivity contribution in [3.63, 3.8) is 0 Å². The maximum Gasteiger partial charge on any atom is 0.246 e. The number of ether oxygens (including phenoxy) is 2. The number of terminal acetylenes is 1. The van der Waals surface area contributed by atoms with Crippen molar-refractivity contribution in [2.75, 3.05) is 62.7 Å². The van der Waals surface area contributed by atoms with Gasteiger partial charge in [0.1, 0.15) is 18.2 Å². The molecule has 3 saturated heterocycles. The zero-order valence-electron chi connectivity index (χ0n) is 21.1. The molecule has 1 aromatic heterocycles. The molecule has 8 heteroatoms. The van der Waals surface area contributed by atoms with Crippen molar-refractivity contribution in [2.24, 2.45) is 0 Å². The van der Waals surface area contributed by atoms with Gasteiger partial charge < -0.3 is 24.6 Å². The zero-order chi connectivity index (χ0) is 25.4. The summed E-state index contributed by atoms with van der Waals surface area (Å²) in [5.74, 6) is 4.93. The number of anilines is 3. The fourth-order valence-electron chi connectivity index (χ4n) is 5.96. The summed E-state index contributed by atoms with van der Waals surface area (Å²) in [6.07, 6.45) is 11.3. The summed E-state index contributed by atoms with van der Waals surface area (Å²) in [5.41, 5.74) is 5.21. The lowest BCUT2D eigenvalue weighted by atomic mass is 9.85. The van der Waals surface area contributed by atoms with Crippen molar-refractivity contribution in [3.8, 4) is 18.1 Å². The third-order valence-electron chi connectivity index (χ3n) is 8.15. The SMILES string of the molecule is C#Cc1cc2c(cc1C1CCN(C3CN(C(=O)C=C)C3)CC1)Nc1nccc(N3CCOCC3)c1CO2. The van der Waals surface area contributed by atoms with Crippen molar-refractivity contribution in [2.45, 2.75) is 31.4 Å². The van der Waals surface area contributed by atoms with Crippen LogP contribution in [0.15, 0.2) is 37.1 Å². The number of morpholine rings is 1. The van der Waals surface area contributed by atoms with E-state index in [9.17, 15) is 4.79 Å². The molecule has 1 amide bonds. The lowest BCUT2D eigenvalue weighted by Gasteiger charge is -2.47. The first-order chi connectivity index (χ1) is 18.1. The second-order valence-corrected chi connectivity index (χ2v) is 10.2. The standard InChI is InChI=1S/C29H33N5O3/c1-3-20-15-27-25(31-29-24(19-37-27)26(5-8-30-29)33-11-13-36-14-12-33)16-23(20)21-6-9-32(10-7-21)22-17-34(18-22)28(35)4-2/h1,4-5,8,15-16,21-22H,2,6-7,9-14,17-19H2,(H,30,31). The second kappa shape index (κ2) is 10.1. The maximum absolute atomic E-state index is 11.8. The Morgan fingerprint density at radius 2 is 1.97 bits per heavy atom. The Hall–Kier alpha value is -3.54. The molecule has 0 atom stereocenters. The van der Waals surface area contributed by atoms with E-state index in [0.717, 1.165) is 99.4 Å². The number of carbonyl (C=O) groups excluding carboxylic acids is 1. The third-order valence-corrected chi connectivity index (χ3v) is 8.15. The molecule has 1 aromatic carbocycles. The fourth-order valence-corrected chi connectivity index (χ4v) is 5.96. The Labute approximate surface area is 218 Å². The van der Waals surface area contributed by atoms with E-state index in [2.05, 4.69) is 44.7 Å². The molecule has 1 N–H and O–H groups in total. The molecule has 0 bridgehead atoms. The molecule has 192 valence electrons. The number of hydrogen-bond acceptors (Lipinski definition) is 7. The van der Waals surface area contributed by atoms with Gasteiger partial charge in [-0.25, -0.2) is 4.98 Å². The number of fused-ring (bicyclic) bond motifs is 2. The number of nitrogens with one attached hydrogen (secondary N) is 1. The Morgan fingerprint density at radius 1 is 1.19 bits per heavy atom. The second-order valence-electron chi connectivity index (χ2n) is 10.2. The van der Waals surface area contributed by atoms with Gasteiger partial charge in [-0.3, -0.25) is 9.69 Å². The van der Waals surface area contributed by atoms with Crippen LogP contribution >= 0.6 is 0 Å². The summed E-state index contributed by atoms with van der Waals surface area (Å²) in [4.78, 5) is 23.2. The highest BCUT2D eigenvalue weighted by molar-refractivity contribution is 5.87. The summed E-state index contributed by atoms with van der Waals surface area (Å²) >= 11 is 0. The first kappa shape index (κ1) is 23.8. The van der Waals surface area contributed by atoms with E-state index in [0.29, 0.717) is 18.6 Å². The molecule has 0 unspecified atom stereocenters. The fraction of sp³-hybridized carbons (Fsp3) is 0.448. The van der Waals surface area contributed by atoms with Crippen LogP contribution in [0.3, 0.4) is 0 Å². The number of hydrogen-bond donors (Lipinski definition) is 1. The molecular weight excluding hydrogens is 466 g/mol. The highest BCUT2D eigenvalue weighted by atomic mass is 16.5. The van der Waals surface area contributed by atoms with Crippen LogP contribution in [-0.2, 0) is 16.1 Å². The number of likely N-dealkylation sites (tertiary alicyclic amines) is 2. The van der Waals surface area contributed by atoms with Crippen molar-refractivity contribution >= 4 is 23.1 Å². The topological polar surface area (TPSA) is 70.2 Å². The number of nitrogens with zero attached hydrogens (tertiary/aromatic N) is 4. The minimum absolute atomic E-state index is 0.0256. The average Bonchev–Trinajstić information content (AvgIpc) is 3.11. The van der Waals surface area contributed by atoms with Crippen LogP contribution in [0.5, 0.6) is 5.75 Å². The van der Waals surface area contributed by atoms with E-state index in [-0.39, 0.29) is 5.91 Å². The Morgan fingerprint density at radius 3 is 2.70 bits per heavy atom. The molecule has 4 aliphatic rings. The maximum atomic E-state index is 11.8. The Bertz CT molecular complexity index is 1230. The van der Waals surface area contributed by atoms with E-state index in [1.54, 1.807) is 0 Å². The number of benzene rings is 1. The highest BCUT2D eigenvalue weighted by Gasteiger charge is 2.36. The van der Waals surface area contributed by atoms with E-state index in [4.69, 9.17) is 15.9 Å². The molecule has 5 heterocycles. The molecule has 0 aliphatic carbocycles. The monoisotopic (exact) mass is 499 g/mol. The van der Waals surface area contributed by atoms with Gasteiger partial charge >= 0.3 is 0 Å². The lowest BCUT2D eigenvalue weighted by molar-refractivity contribution is -0.133. The van der Waals surface area contributed by atoms with Gasteiger partial charge in [-0.15, -0.1) is 6.42 Å². The Kier molecular flexibility index (Phi) is 6.49. The van der Waals surface area contributed by atoms with Gasteiger partial charge in [-0.1, -0.05) is 12.5 Å². The van der Waals surface area contributed by atoms with E-state index in [1.165, 1.54) is 11.6 Å². The van der Waals surface area contributed by atoms with Crippen LogP contribution in [0.1, 0.15) is 35.4 Å². The molecule has 3 fully saturated rings. The third kappa shape index (κ3) is 4.54. The number of piperidine rings is 1. The van der Waals surface area contributed by atoms with Crippen molar-refractivity contribution < 1.29 is 14.3 Å². The average molecular weight is 500 g/mol. The number of amides is 1. The molecule has 6 rings (SSSR count). The first-order valence-corrected chi connectivity index (χ1v) is 13.1. The van der Waals surface area contributed by atoms with Crippen LogP contribution < -0.4 is 15.0 Å². The molecule has 0 spiro atoms. The summed E-state index contributed by atoms with van der Waals surface area (Å²) in [6.45, 7) is 10.8. The number of pyridine rings is 1. The van der Waals surface area contributed by atoms with E-state index >= 15 is 0 Å². The van der Waals surface area contributed by atoms with Crippen molar-refractivity contribution in [3.05, 3.63) is 53.7 Å². The number of aromatic nitrogens is 1. The normalized spacial score (nSPS) is 20.4. The predicted molar refractivity (Wildman–Crippen MR) is 143 cm³/mol. The largest absolute Gasteiger partial charge is 0.486 e. The highest BCUT2D eigenvalue weighted by Crippen LogP contribution is 2.41. The summed E-state index contributed by atoms with van der Waals surface area (Å²) in [7, 11) is 0. The van der Waals surface area contributed by atoms with Gasteiger partial charge in [0, 0.05) is 49.7 Å². The van der Waals surface area contributed by atoms with E-state index in [1.807, 2.05) is 17.2 Å². The van der Waals surface area contributed by atoms with Crippen LogP contribution in [0.4, 0.5) is 17.2 Å². The van der Waals surface area contributed by atoms with Crippen molar-refractivity contribution in [1.29, 1.82) is 0 Å². The molecule has 0 radical (unpaired) electrons. The van der Waals surface area contributed by atoms with Gasteiger partial charge in [0.15, 0.2) is 0 Å². The van der Waals surface area contributed by atoms with Gasteiger partial charge in [0.25, 0.3) is 0 Å². The van der Waals surface area contributed by atoms with Gasteiger partial charge in [-0.2, -0.15) is 0 Å². The number of carbonyl (C=O) groups is 1. The van der Waals surface area contributed by atoms with Gasteiger partial charge in [0.05, 0.1) is 24.5 Å². The van der Waals surface area contributed by atoms with Crippen LogP contribution in [0, 0.1) is 12.3 Å². The molecule has 37 heavy (non-hydrogen) atoms. The molecule has 4 aliphatic heterocycles. The molecular formula is C29H33N5O3. The van der Waals surface area contributed by atoms with Crippen molar-refractivity contribution in [1.82, 2.24) is 14.8 Å². The van der Waals surface area contributed by atoms with Crippen LogP contribution in [0.25, 0.3) is 0 Å². The molecule has 0 saturated carbocycles. The summed E-state index contributed by atoms with van der Waals surface area (Å²) in [5, 5.41) is 3.56. The van der Waals surface area contributed by atoms with E-state index < -0.39 is 0 Å². The number of rotatable bonds is 4. The van der Waals surface area contributed by atoms with Gasteiger partial charge in [-0.05, 0) is 61.7 Å². The predicted octanol–water partition coefficient (Wildman–Crippen LogP) is 3.11. The molecule has 8 nitrogen and oxygen atoms in total. The van der Waals surface area contributed by atoms with Crippen LogP contribution in [-0.4, -0.2) is 79.2 Å². The quantitative estimate of drug-likeness (QED) is 0.512. The first-order valence-electron chi connectivity index (χ1n) is 13.1. The minimum Gasteiger partial charge on any atom is -0.486 e. The summed E-state index contributed by atoms with van der Waals surface area (Å²) in [6, 6.07) is 6.69.